The van der Waals surface area contributed by atoms with E-state index in [0.29, 0.717) is 34.3 Å². The zero-order valence-electron chi connectivity index (χ0n) is 18.3. The number of para-hydroxylation sites is 2. The molecule has 3 aromatic carbocycles. The van der Waals surface area contributed by atoms with Crippen LogP contribution in [0.15, 0.2) is 66.7 Å². The number of hydrogen-bond acceptors (Lipinski definition) is 6. The first-order chi connectivity index (χ1) is 16.2. The standard InChI is InChI=1S/C26H22N2O5/c1-30-23-9-5-6-17(25(23)31-2)14-27-26(29)19-13-21(28-20-8-4-3-7-18(19)20)16-10-11-22-24(12-16)33-15-32-22/h3-13H,14-15H2,1-2H3,(H,27,29). The van der Waals surface area contributed by atoms with E-state index in [2.05, 4.69) is 5.32 Å². The molecule has 166 valence electrons. The molecule has 1 aliphatic rings. The van der Waals surface area contributed by atoms with E-state index in [1.807, 2.05) is 60.7 Å². The third-order valence-electron chi connectivity index (χ3n) is 5.55. The second-order valence-electron chi connectivity index (χ2n) is 7.48. The molecule has 4 aromatic rings. The summed E-state index contributed by atoms with van der Waals surface area (Å²) in [5.74, 6) is 2.37. The van der Waals surface area contributed by atoms with E-state index >= 15 is 0 Å². The van der Waals surface area contributed by atoms with E-state index in [9.17, 15) is 4.79 Å². The van der Waals surface area contributed by atoms with Gasteiger partial charge in [-0.3, -0.25) is 4.79 Å². The number of rotatable bonds is 6. The Labute approximate surface area is 190 Å². The highest BCUT2D eigenvalue weighted by molar-refractivity contribution is 6.07. The van der Waals surface area contributed by atoms with Gasteiger partial charge >= 0.3 is 0 Å². The van der Waals surface area contributed by atoms with Crippen LogP contribution in [0.4, 0.5) is 0 Å². The summed E-state index contributed by atoms with van der Waals surface area (Å²) in [7, 11) is 3.16. The first kappa shape index (κ1) is 20.6. The van der Waals surface area contributed by atoms with Crippen molar-refractivity contribution >= 4 is 16.8 Å². The molecule has 2 heterocycles. The summed E-state index contributed by atoms with van der Waals surface area (Å²) in [6.07, 6.45) is 0. The average molecular weight is 442 g/mol. The highest BCUT2D eigenvalue weighted by Crippen LogP contribution is 2.36. The zero-order valence-corrected chi connectivity index (χ0v) is 18.3. The number of nitrogens with one attached hydrogen (secondary N) is 1. The fraction of sp³-hybridized carbons (Fsp3) is 0.154. The first-order valence-corrected chi connectivity index (χ1v) is 10.5. The van der Waals surface area contributed by atoms with Gasteiger partial charge in [0.2, 0.25) is 6.79 Å². The molecular weight excluding hydrogens is 420 g/mol. The van der Waals surface area contributed by atoms with Crippen LogP contribution in [0.2, 0.25) is 0 Å². The molecule has 33 heavy (non-hydrogen) atoms. The van der Waals surface area contributed by atoms with Gasteiger partial charge in [-0.15, -0.1) is 0 Å². The number of benzene rings is 3. The molecule has 1 aromatic heterocycles. The van der Waals surface area contributed by atoms with Gasteiger partial charge in [0, 0.05) is 23.1 Å². The predicted molar refractivity (Wildman–Crippen MR) is 124 cm³/mol. The Morgan fingerprint density at radius 1 is 0.970 bits per heavy atom. The van der Waals surface area contributed by atoms with Crippen LogP contribution in [0.25, 0.3) is 22.2 Å². The van der Waals surface area contributed by atoms with Crippen LogP contribution in [-0.4, -0.2) is 31.9 Å². The van der Waals surface area contributed by atoms with Gasteiger partial charge in [0.25, 0.3) is 5.91 Å². The molecule has 1 amide bonds. The highest BCUT2D eigenvalue weighted by atomic mass is 16.7. The summed E-state index contributed by atoms with van der Waals surface area (Å²) in [6, 6.07) is 20.6. The van der Waals surface area contributed by atoms with Gasteiger partial charge in [-0.25, -0.2) is 4.98 Å². The van der Waals surface area contributed by atoms with Crippen molar-refractivity contribution in [2.24, 2.45) is 0 Å². The summed E-state index contributed by atoms with van der Waals surface area (Å²) in [5.41, 5.74) is 3.61. The van der Waals surface area contributed by atoms with Gasteiger partial charge in [0.1, 0.15) is 0 Å². The lowest BCUT2D eigenvalue weighted by Crippen LogP contribution is -2.23. The number of hydrogen-bond donors (Lipinski definition) is 1. The molecule has 1 N–H and O–H groups in total. The van der Waals surface area contributed by atoms with Crippen molar-refractivity contribution in [2.45, 2.75) is 6.54 Å². The van der Waals surface area contributed by atoms with Gasteiger partial charge in [-0.1, -0.05) is 30.3 Å². The molecule has 5 rings (SSSR count). The molecule has 0 aliphatic carbocycles. The number of nitrogens with zero attached hydrogens (tertiary/aromatic N) is 1. The van der Waals surface area contributed by atoms with Crippen LogP contribution in [0.1, 0.15) is 15.9 Å². The molecule has 1 aliphatic heterocycles. The molecule has 7 nitrogen and oxygen atoms in total. The fourth-order valence-electron chi connectivity index (χ4n) is 3.93. The lowest BCUT2D eigenvalue weighted by molar-refractivity contribution is 0.0952. The van der Waals surface area contributed by atoms with Crippen molar-refractivity contribution in [3.05, 3.63) is 77.9 Å². The number of carbonyl (C=O) groups is 1. The number of fused-ring (bicyclic) bond motifs is 2. The smallest absolute Gasteiger partial charge is 0.252 e. The molecule has 0 spiro atoms. The maximum absolute atomic E-state index is 13.3. The van der Waals surface area contributed by atoms with Gasteiger partial charge in [0.05, 0.1) is 31.0 Å². The van der Waals surface area contributed by atoms with E-state index < -0.39 is 0 Å². The van der Waals surface area contributed by atoms with E-state index in [1.54, 1.807) is 20.3 Å². The number of methoxy groups -OCH3 is 2. The Bertz CT molecular complexity index is 1350. The van der Waals surface area contributed by atoms with Gasteiger partial charge in [-0.2, -0.15) is 0 Å². The van der Waals surface area contributed by atoms with E-state index in [0.717, 1.165) is 22.0 Å². The SMILES string of the molecule is COc1cccc(CNC(=O)c2cc(-c3ccc4c(c3)OCO4)nc3ccccc23)c1OC. The van der Waals surface area contributed by atoms with Crippen molar-refractivity contribution in [2.75, 3.05) is 21.0 Å². The summed E-state index contributed by atoms with van der Waals surface area (Å²) in [4.78, 5) is 18.1. The summed E-state index contributed by atoms with van der Waals surface area (Å²) in [5, 5.41) is 3.78. The molecule has 0 unspecified atom stereocenters. The summed E-state index contributed by atoms with van der Waals surface area (Å²) in [6.45, 7) is 0.487. The van der Waals surface area contributed by atoms with Crippen LogP contribution < -0.4 is 24.3 Å². The fourth-order valence-corrected chi connectivity index (χ4v) is 3.93. The summed E-state index contributed by atoms with van der Waals surface area (Å²) >= 11 is 0. The number of carbonyl (C=O) groups excluding carboxylic acids is 1. The second-order valence-corrected chi connectivity index (χ2v) is 7.48. The maximum atomic E-state index is 13.3. The first-order valence-electron chi connectivity index (χ1n) is 10.5. The third-order valence-corrected chi connectivity index (χ3v) is 5.55. The minimum absolute atomic E-state index is 0.200. The Hall–Kier alpha value is -4.26. The lowest BCUT2D eigenvalue weighted by Gasteiger charge is -2.14. The number of aromatic nitrogens is 1. The average Bonchev–Trinajstić information content (AvgIpc) is 3.34. The molecule has 0 atom stereocenters. The second kappa shape index (κ2) is 8.70. The molecule has 0 radical (unpaired) electrons. The van der Waals surface area contributed by atoms with Gasteiger partial charge < -0.3 is 24.3 Å². The van der Waals surface area contributed by atoms with Crippen LogP contribution in [0.5, 0.6) is 23.0 Å². The zero-order chi connectivity index (χ0) is 22.8. The van der Waals surface area contributed by atoms with Crippen molar-refractivity contribution in [1.29, 1.82) is 0 Å². The van der Waals surface area contributed by atoms with Crippen LogP contribution in [0, 0.1) is 0 Å². The van der Waals surface area contributed by atoms with E-state index in [-0.39, 0.29) is 19.2 Å². The van der Waals surface area contributed by atoms with Crippen molar-refractivity contribution in [3.8, 4) is 34.3 Å². The van der Waals surface area contributed by atoms with Crippen LogP contribution in [0.3, 0.4) is 0 Å². The van der Waals surface area contributed by atoms with Crippen molar-refractivity contribution < 1.29 is 23.7 Å². The minimum atomic E-state index is -0.208. The number of pyridine rings is 1. The molecular formula is C26H22N2O5. The minimum Gasteiger partial charge on any atom is -0.493 e. The Balaban J connectivity index is 1.49. The van der Waals surface area contributed by atoms with Crippen molar-refractivity contribution in [3.63, 3.8) is 0 Å². The number of ether oxygens (including phenoxy) is 4. The van der Waals surface area contributed by atoms with E-state index in [4.69, 9.17) is 23.9 Å². The van der Waals surface area contributed by atoms with Crippen molar-refractivity contribution in [1.82, 2.24) is 10.3 Å². The van der Waals surface area contributed by atoms with Gasteiger partial charge in [-0.05, 0) is 36.4 Å². The normalized spacial score (nSPS) is 11.9. The Kier molecular flexibility index (Phi) is 5.44. The topological polar surface area (TPSA) is 78.9 Å². The highest BCUT2D eigenvalue weighted by Gasteiger charge is 2.18. The number of amides is 1. The lowest BCUT2D eigenvalue weighted by atomic mass is 10.0. The Morgan fingerprint density at radius 2 is 1.82 bits per heavy atom. The molecule has 0 saturated heterocycles. The molecule has 0 bridgehead atoms. The monoisotopic (exact) mass is 442 g/mol. The van der Waals surface area contributed by atoms with Gasteiger partial charge in [0.15, 0.2) is 23.0 Å². The molecule has 7 heteroatoms. The summed E-state index contributed by atoms with van der Waals surface area (Å²) < 4.78 is 21.7. The molecule has 0 fully saturated rings. The molecule has 0 saturated carbocycles. The van der Waals surface area contributed by atoms with Crippen LogP contribution in [-0.2, 0) is 6.54 Å². The largest absolute Gasteiger partial charge is 0.493 e. The quantitative estimate of drug-likeness (QED) is 0.471. The Morgan fingerprint density at radius 3 is 2.67 bits per heavy atom. The third kappa shape index (κ3) is 3.89. The van der Waals surface area contributed by atoms with Crippen LogP contribution >= 0.6 is 0 Å². The maximum Gasteiger partial charge on any atom is 0.252 e. The predicted octanol–water partition coefficient (Wildman–Crippen LogP) is 4.58. The van der Waals surface area contributed by atoms with E-state index in [1.165, 1.54) is 0 Å².